The van der Waals surface area contributed by atoms with Gasteiger partial charge in [-0.1, -0.05) is 5.92 Å². The number of amides is 2. The molecule has 0 aromatic heterocycles. The third-order valence-electron chi connectivity index (χ3n) is 4.39. The number of nitrogen functional groups attached to an aromatic ring is 1. The Morgan fingerprint density at radius 3 is 2.63 bits per heavy atom. The lowest BCUT2D eigenvalue weighted by atomic mass is 9.92. The summed E-state index contributed by atoms with van der Waals surface area (Å²) in [6.07, 6.45) is 6.14. The molecule has 1 aromatic rings. The minimum atomic E-state index is -1.10. The number of nitrogens with one attached hydrogen (secondary N) is 2. The van der Waals surface area contributed by atoms with Crippen LogP contribution >= 0.6 is 0 Å². The van der Waals surface area contributed by atoms with Gasteiger partial charge in [-0.2, -0.15) is 0 Å². The van der Waals surface area contributed by atoms with E-state index >= 15 is 0 Å². The number of piperidine rings is 1. The topological polar surface area (TPSA) is 137 Å². The number of amidine groups is 1. The van der Waals surface area contributed by atoms with Crippen molar-refractivity contribution in [1.29, 1.82) is 5.41 Å². The summed E-state index contributed by atoms with van der Waals surface area (Å²) in [5, 5.41) is 18.7. The van der Waals surface area contributed by atoms with Gasteiger partial charge in [-0.3, -0.25) is 19.8 Å². The maximum atomic E-state index is 12.8. The van der Waals surface area contributed by atoms with Gasteiger partial charge >= 0.3 is 5.97 Å². The fourth-order valence-corrected chi connectivity index (χ4v) is 3.02. The molecule has 142 valence electrons. The third kappa shape index (κ3) is 5.31. The van der Waals surface area contributed by atoms with Crippen molar-refractivity contribution in [2.24, 2.45) is 11.7 Å². The number of benzene rings is 1. The Kier molecular flexibility index (Phi) is 6.55. The lowest BCUT2D eigenvalue weighted by Gasteiger charge is -2.32. The van der Waals surface area contributed by atoms with Crippen LogP contribution in [0.25, 0.3) is 0 Å². The van der Waals surface area contributed by atoms with E-state index in [0.29, 0.717) is 24.2 Å². The van der Waals surface area contributed by atoms with Crippen LogP contribution in [0.3, 0.4) is 0 Å². The van der Waals surface area contributed by atoms with Crippen LogP contribution in [0.5, 0.6) is 0 Å². The molecule has 2 rings (SSSR count). The normalized spacial score (nSPS) is 17.7. The molecule has 1 aromatic carbocycles. The van der Waals surface area contributed by atoms with E-state index in [1.54, 1.807) is 29.2 Å². The second-order valence-electron chi connectivity index (χ2n) is 6.38. The molecule has 2 unspecified atom stereocenters. The zero-order valence-corrected chi connectivity index (χ0v) is 14.8. The Morgan fingerprint density at radius 2 is 2.07 bits per heavy atom. The summed E-state index contributed by atoms with van der Waals surface area (Å²) in [7, 11) is 0. The van der Waals surface area contributed by atoms with Crippen LogP contribution in [0, 0.1) is 23.7 Å². The number of nitrogens with zero attached hydrogens (tertiary/aromatic N) is 1. The molecule has 0 spiro atoms. The number of nitrogens with two attached hydrogens (primary N) is 1. The van der Waals surface area contributed by atoms with Gasteiger partial charge in [0.2, 0.25) is 11.8 Å². The van der Waals surface area contributed by atoms with Crippen molar-refractivity contribution >= 4 is 29.3 Å². The summed E-state index contributed by atoms with van der Waals surface area (Å²) in [4.78, 5) is 37.3. The largest absolute Gasteiger partial charge is 0.481 e. The zero-order valence-electron chi connectivity index (χ0n) is 14.8. The molecule has 8 heteroatoms. The molecule has 27 heavy (non-hydrogen) atoms. The first-order valence-corrected chi connectivity index (χ1v) is 8.55. The second-order valence-corrected chi connectivity index (χ2v) is 6.38. The molecule has 0 aliphatic carbocycles. The van der Waals surface area contributed by atoms with Gasteiger partial charge in [0.15, 0.2) is 0 Å². The molecule has 8 nitrogen and oxygen atoms in total. The highest BCUT2D eigenvalue weighted by molar-refractivity contribution is 5.99. The van der Waals surface area contributed by atoms with E-state index in [2.05, 4.69) is 11.2 Å². The Hall–Kier alpha value is -3.34. The van der Waals surface area contributed by atoms with Crippen LogP contribution in [0.4, 0.5) is 5.69 Å². The smallest absolute Gasteiger partial charge is 0.306 e. The molecule has 0 bridgehead atoms. The van der Waals surface area contributed by atoms with Crippen molar-refractivity contribution in [2.75, 3.05) is 11.4 Å². The quantitative estimate of drug-likeness (QED) is 0.318. The Balaban J connectivity index is 2.01. The Bertz CT molecular complexity index is 782. The lowest BCUT2D eigenvalue weighted by molar-refractivity contribution is -0.137. The van der Waals surface area contributed by atoms with Crippen molar-refractivity contribution in [1.82, 2.24) is 5.32 Å². The van der Waals surface area contributed by atoms with Gasteiger partial charge in [0, 0.05) is 30.1 Å². The molecule has 2 atom stereocenters. The Labute approximate surface area is 157 Å². The fraction of sp³-hybridized carbons (Fsp3) is 0.368. The van der Waals surface area contributed by atoms with Gasteiger partial charge in [0.05, 0.1) is 6.42 Å². The average molecular weight is 370 g/mol. The van der Waals surface area contributed by atoms with Crippen LogP contribution in [0.15, 0.2) is 24.3 Å². The number of carboxylic acids is 1. The standard InChI is InChI=1S/C19H22N4O4/c1-2-14(11-17(25)26)22-16(24)10-13-4-3-9-23(19(13)27)15-7-5-12(6-8-15)18(20)21/h1,5-8,13-14H,3-4,9-11H2,(H3,20,21)(H,22,24)(H,25,26). The summed E-state index contributed by atoms with van der Waals surface area (Å²) in [6, 6.07) is 5.88. The van der Waals surface area contributed by atoms with Crippen molar-refractivity contribution in [3.8, 4) is 12.3 Å². The lowest BCUT2D eigenvalue weighted by Crippen LogP contribution is -2.44. The van der Waals surface area contributed by atoms with Crippen molar-refractivity contribution in [2.45, 2.75) is 31.7 Å². The highest BCUT2D eigenvalue weighted by Gasteiger charge is 2.31. The van der Waals surface area contributed by atoms with E-state index in [4.69, 9.17) is 22.7 Å². The predicted molar refractivity (Wildman–Crippen MR) is 100 cm³/mol. The molecule has 0 radical (unpaired) electrons. The minimum absolute atomic E-state index is 0.0430. The van der Waals surface area contributed by atoms with E-state index in [-0.39, 0.29) is 24.6 Å². The number of carbonyl (C=O) groups is 3. The second kappa shape index (κ2) is 8.85. The third-order valence-corrected chi connectivity index (χ3v) is 4.39. The van der Waals surface area contributed by atoms with Crippen molar-refractivity contribution in [3.63, 3.8) is 0 Å². The highest BCUT2D eigenvalue weighted by atomic mass is 16.4. The molecule has 1 aliphatic rings. The minimum Gasteiger partial charge on any atom is -0.481 e. The number of rotatable bonds is 7. The van der Waals surface area contributed by atoms with Crippen LogP contribution in [0.1, 0.15) is 31.2 Å². The predicted octanol–water partition coefficient (Wildman–Crippen LogP) is 0.696. The van der Waals surface area contributed by atoms with E-state index in [1.165, 1.54) is 0 Å². The van der Waals surface area contributed by atoms with Crippen molar-refractivity contribution in [3.05, 3.63) is 29.8 Å². The van der Waals surface area contributed by atoms with Gasteiger partial charge < -0.3 is 21.1 Å². The van der Waals surface area contributed by atoms with Crippen LogP contribution in [0.2, 0.25) is 0 Å². The van der Waals surface area contributed by atoms with E-state index in [0.717, 1.165) is 6.42 Å². The van der Waals surface area contributed by atoms with E-state index in [9.17, 15) is 14.4 Å². The molecular formula is C19H22N4O4. The van der Waals surface area contributed by atoms with Gasteiger partial charge in [-0.25, -0.2) is 0 Å². The van der Waals surface area contributed by atoms with Crippen LogP contribution < -0.4 is 16.0 Å². The number of hydrogen-bond acceptors (Lipinski definition) is 4. The first-order valence-electron chi connectivity index (χ1n) is 8.55. The van der Waals surface area contributed by atoms with Crippen molar-refractivity contribution < 1.29 is 19.5 Å². The van der Waals surface area contributed by atoms with Gasteiger partial charge in [0.1, 0.15) is 11.9 Å². The van der Waals surface area contributed by atoms with Crippen LogP contribution in [-0.4, -0.2) is 41.3 Å². The maximum Gasteiger partial charge on any atom is 0.306 e. The summed E-state index contributed by atoms with van der Waals surface area (Å²) in [6.45, 7) is 0.544. The number of anilines is 1. The molecule has 1 fully saturated rings. The summed E-state index contributed by atoms with van der Waals surface area (Å²) < 4.78 is 0. The summed E-state index contributed by atoms with van der Waals surface area (Å²) in [5.74, 6) is -0.0230. The number of carboxylic acid groups (broad SMARTS) is 1. The van der Waals surface area contributed by atoms with Crippen LogP contribution in [-0.2, 0) is 14.4 Å². The number of aliphatic carboxylic acids is 1. The van der Waals surface area contributed by atoms with Gasteiger partial charge in [-0.05, 0) is 37.1 Å². The van der Waals surface area contributed by atoms with E-state index in [1.807, 2.05) is 0 Å². The molecule has 5 N–H and O–H groups in total. The summed E-state index contributed by atoms with van der Waals surface area (Å²) >= 11 is 0. The molecule has 2 amide bonds. The maximum absolute atomic E-state index is 12.8. The highest BCUT2D eigenvalue weighted by Crippen LogP contribution is 2.26. The molecular weight excluding hydrogens is 348 g/mol. The van der Waals surface area contributed by atoms with E-state index < -0.39 is 23.8 Å². The number of carbonyl (C=O) groups excluding carboxylic acids is 2. The first-order chi connectivity index (χ1) is 12.8. The first kappa shape index (κ1) is 20.0. The monoisotopic (exact) mass is 370 g/mol. The molecule has 1 saturated heterocycles. The fourth-order valence-electron chi connectivity index (χ4n) is 3.02. The zero-order chi connectivity index (χ0) is 20.0. The van der Waals surface area contributed by atoms with Gasteiger partial charge in [-0.15, -0.1) is 6.42 Å². The van der Waals surface area contributed by atoms with Gasteiger partial charge in [0.25, 0.3) is 0 Å². The molecule has 0 saturated carbocycles. The molecule has 1 aliphatic heterocycles. The number of terminal acetylenes is 1. The Morgan fingerprint density at radius 1 is 1.41 bits per heavy atom. The summed E-state index contributed by atoms with van der Waals surface area (Å²) in [5.41, 5.74) is 6.69. The number of hydrogen-bond donors (Lipinski definition) is 4. The molecule has 1 heterocycles. The SMILES string of the molecule is C#CC(CC(=O)O)NC(=O)CC1CCCN(c2ccc(C(=N)N)cc2)C1=O. The average Bonchev–Trinajstić information content (AvgIpc) is 2.62.